The monoisotopic (exact) mass is 408 g/mol. The average Bonchev–Trinajstić information content (AvgIpc) is 3.36. The third kappa shape index (κ3) is 2.61. The van der Waals surface area contributed by atoms with E-state index in [9.17, 15) is 0 Å². The predicted molar refractivity (Wildman–Crippen MR) is 116 cm³/mol. The highest BCUT2D eigenvalue weighted by Crippen LogP contribution is 2.44. The largest absolute Gasteiger partial charge is 0.249 e. The predicted octanol–water partition coefficient (Wildman–Crippen LogP) is 6.33. The van der Waals surface area contributed by atoms with Gasteiger partial charge in [-0.25, -0.2) is 9.97 Å². The number of nitrogens with zero attached hydrogens (tertiary/aromatic N) is 4. The number of aromatic nitrogens is 4. The van der Waals surface area contributed by atoms with Crippen molar-refractivity contribution in [3.05, 3.63) is 45.4 Å². The second kappa shape index (κ2) is 6.15. The van der Waals surface area contributed by atoms with Gasteiger partial charge in [0.05, 0.1) is 23.1 Å². The number of aryl methyl sites for hydroxylation is 4. The van der Waals surface area contributed by atoms with E-state index in [1.807, 2.05) is 13.8 Å². The molecule has 0 fully saturated rings. The van der Waals surface area contributed by atoms with Crippen LogP contribution in [0.25, 0.3) is 42.9 Å². The molecular formula is C20H16N4S3. The zero-order chi connectivity index (χ0) is 18.7. The van der Waals surface area contributed by atoms with Gasteiger partial charge in [0.2, 0.25) is 0 Å². The second-order valence-electron chi connectivity index (χ2n) is 6.62. The molecule has 0 atom stereocenters. The molecular weight excluding hydrogens is 392 g/mol. The van der Waals surface area contributed by atoms with E-state index < -0.39 is 0 Å². The number of rotatable bonds is 2. The van der Waals surface area contributed by atoms with Crippen LogP contribution in [0, 0.1) is 27.7 Å². The Labute approximate surface area is 168 Å². The van der Waals surface area contributed by atoms with Gasteiger partial charge in [0.15, 0.2) is 0 Å². The summed E-state index contributed by atoms with van der Waals surface area (Å²) in [7, 11) is 0. The Morgan fingerprint density at radius 1 is 0.593 bits per heavy atom. The standard InChI is InChI=1S/C20H16N4S3/c1-9-5-7-13(25-9)15-17-18(22-12(4)11(3)21-17)16(14-8-6-10(2)26-14)20-19(15)23-27-24-20/h5-8H,1-4H3. The van der Waals surface area contributed by atoms with Crippen LogP contribution in [-0.4, -0.2) is 18.7 Å². The van der Waals surface area contributed by atoms with E-state index in [1.54, 1.807) is 22.7 Å². The van der Waals surface area contributed by atoms with Gasteiger partial charge in [-0.2, -0.15) is 8.75 Å². The van der Waals surface area contributed by atoms with Gasteiger partial charge in [0.25, 0.3) is 0 Å². The maximum absolute atomic E-state index is 4.97. The van der Waals surface area contributed by atoms with Gasteiger partial charge in [-0.05, 0) is 52.0 Å². The highest BCUT2D eigenvalue weighted by Gasteiger charge is 2.23. The molecule has 0 saturated carbocycles. The molecule has 7 heteroatoms. The van der Waals surface area contributed by atoms with Crippen molar-refractivity contribution in [2.24, 2.45) is 0 Å². The van der Waals surface area contributed by atoms with Gasteiger partial charge in [0.1, 0.15) is 22.1 Å². The molecule has 4 aromatic heterocycles. The van der Waals surface area contributed by atoms with E-state index in [0.29, 0.717) is 0 Å². The number of hydrogen-bond acceptors (Lipinski definition) is 7. The fraction of sp³-hybridized carbons (Fsp3) is 0.200. The van der Waals surface area contributed by atoms with E-state index in [1.165, 1.54) is 31.2 Å². The van der Waals surface area contributed by atoms with Crippen molar-refractivity contribution in [2.45, 2.75) is 27.7 Å². The summed E-state index contributed by atoms with van der Waals surface area (Å²) < 4.78 is 9.35. The molecule has 0 spiro atoms. The molecule has 0 radical (unpaired) electrons. The quantitative estimate of drug-likeness (QED) is 0.343. The summed E-state index contributed by atoms with van der Waals surface area (Å²) in [5.74, 6) is 0. The van der Waals surface area contributed by atoms with Crippen molar-refractivity contribution in [3.63, 3.8) is 0 Å². The van der Waals surface area contributed by atoms with Crippen molar-refractivity contribution in [3.8, 4) is 20.9 Å². The number of hydrogen-bond donors (Lipinski definition) is 0. The first-order valence-electron chi connectivity index (χ1n) is 8.59. The highest BCUT2D eigenvalue weighted by atomic mass is 32.1. The summed E-state index contributed by atoms with van der Waals surface area (Å²) in [6, 6.07) is 8.59. The molecule has 0 aliphatic heterocycles. The van der Waals surface area contributed by atoms with E-state index >= 15 is 0 Å². The third-order valence-electron chi connectivity index (χ3n) is 4.72. The van der Waals surface area contributed by atoms with Crippen LogP contribution in [0.5, 0.6) is 0 Å². The molecule has 4 nitrogen and oxygen atoms in total. The Hall–Kier alpha value is -2.22. The summed E-state index contributed by atoms with van der Waals surface area (Å²) >= 11 is 4.78. The molecule has 5 aromatic rings. The first-order chi connectivity index (χ1) is 13.0. The molecule has 5 rings (SSSR count). The van der Waals surface area contributed by atoms with Crippen molar-refractivity contribution in [2.75, 3.05) is 0 Å². The summed E-state index contributed by atoms with van der Waals surface area (Å²) in [6.07, 6.45) is 0. The minimum absolute atomic E-state index is 0.918. The summed E-state index contributed by atoms with van der Waals surface area (Å²) in [4.78, 5) is 14.8. The normalized spacial score (nSPS) is 11.7. The summed E-state index contributed by atoms with van der Waals surface area (Å²) in [6.45, 7) is 8.28. The summed E-state index contributed by atoms with van der Waals surface area (Å²) in [5, 5.41) is 0. The SMILES string of the molecule is Cc1ccc(-c2c3nsnc3c(-c3ccc(C)s3)c3nc(C)c(C)nc23)s1. The van der Waals surface area contributed by atoms with Crippen molar-refractivity contribution in [1.29, 1.82) is 0 Å². The van der Waals surface area contributed by atoms with Gasteiger partial charge in [-0.3, -0.25) is 0 Å². The molecule has 1 aromatic carbocycles. The zero-order valence-electron chi connectivity index (χ0n) is 15.3. The molecule has 0 unspecified atom stereocenters. The Balaban J connectivity index is 2.02. The molecule has 134 valence electrons. The molecule has 0 saturated heterocycles. The highest BCUT2D eigenvalue weighted by molar-refractivity contribution is 7.16. The minimum Gasteiger partial charge on any atom is -0.249 e. The summed E-state index contributed by atoms with van der Waals surface area (Å²) in [5.41, 5.74) is 7.70. The first kappa shape index (κ1) is 16.9. The van der Waals surface area contributed by atoms with Crippen LogP contribution in [0.2, 0.25) is 0 Å². The Bertz CT molecular complexity index is 1230. The smallest absolute Gasteiger partial charge is 0.116 e. The Morgan fingerprint density at radius 3 is 1.41 bits per heavy atom. The first-order valence-corrected chi connectivity index (χ1v) is 11.0. The maximum atomic E-state index is 4.97. The third-order valence-corrected chi connectivity index (χ3v) is 7.28. The van der Waals surface area contributed by atoms with Crippen LogP contribution in [-0.2, 0) is 0 Å². The lowest BCUT2D eigenvalue weighted by Crippen LogP contribution is -1.98. The van der Waals surface area contributed by atoms with Gasteiger partial charge >= 0.3 is 0 Å². The molecule has 0 N–H and O–H groups in total. The maximum Gasteiger partial charge on any atom is 0.116 e. The molecule has 4 heterocycles. The fourth-order valence-electron chi connectivity index (χ4n) is 3.30. The van der Waals surface area contributed by atoms with E-state index in [-0.39, 0.29) is 0 Å². The van der Waals surface area contributed by atoms with Crippen LogP contribution >= 0.6 is 34.4 Å². The minimum atomic E-state index is 0.918. The number of fused-ring (bicyclic) bond motifs is 2. The average molecular weight is 409 g/mol. The molecule has 0 bridgehead atoms. The van der Waals surface area contributed by atoms with Gasteiger partial charge < -0.3 is 0 Å². The van der Waals surface area contributed by atoms with Crippen LogP contribution < -0.4 is 0 Å². The fourth-order valence-corrected chi connectivity index (χ4v) is 5.69. The lowest BCUT2D eigenvalue weighted by atomic mass is 10.0. The Morgan fingerprint density at radius 2 is 1.04 bits per heavy atom. The lowest BCUT2D eigenvalue weighted by molar-refractivity contribution is 1.10. The van der Waals surface area contributed by atoms with E-state index in [4.69, 9.17) is 9.97 Å². The topological polar surface area (TPSA) is 51.6 Å². The van der Waals surface area contributed by atoms with E-state index in [0.717, 1.165) is 44.6 Å². The van der Waals surface area contributed by atoms with Gasteiger partial charge in [0, 0.05) is 30.6 Å². The van der Waals surface area contributed by atoms with Crippen LogP contribution in [0.15, 0.2) is 24.3 Å². The number of benzene rings is 1. The van der Waals surface area contributed by atoms with Crippen molar-refractivity contribution < 1.29 is 0 Å². The van der Waals surface area contributed by atoms with Crippen molar-refractivity contribution >= 4 is 56.5 Å². The molecule has 27 heavy (non-hydrogen) atoms. The second-order valence-corrected chi connectivity index (χ2v) is 9.73. The molecule has 0 aliphatic rings. The lowest BCUT2D eigenvalue weighted by Gasteiger charge is -2.12. The molecule has 0 aliphatic carbocycles. The zero-order valence-corrected chi connectivity index (χ0v) is 17.8. The van der Waals surface area contributed by atoms with E-state index in [2.05, 4.69) is 46.9 Å². The van der Waals surface area contributed by atoms with Crippen LogP contribution in [0.4, 0.5) is 0 Å². The molecule has 0 amide bonds. The van der Waals surface area contributed by atoms with Crippen molar-refractivity contribution in [1.82, 2.24) is 18.7 Å². The number of thiophene rings is 2. The van der Waals surface area contributed by atoms with Crippen LogP contribution in [0.1, 0.15) is 21.1 Å². The van der Waals surface area contributed by atoms with Gasteiger partial charge in [-0.15, -0.1) is 22.7 Å². The Kier molecular flexibility index (Phi) is 3.86. The van der Waals surface area contributed by atoms with Crippen LogP contribution in [0.3, 0.4) is 0 Å². The van der Waals surface area contributed by atoms with Gasteiger partial charge in [-0.1, -0.05) is 0 Å².